The van der Waals surface area contributed by atoms with Crippen molar-refractivity contribution in [2.75, 3.05) is 0 Å². The summed E-state index contributed by atoms with van der Waals surface area (Å²) in [4.78, 5) is 4.52. The summed E-state index contributed by atoms with van der Waals surface area (Å²) in [5, 5.41) is 4.38. The lowest BCUT2D eigenvalue weighted by Crippen LogP contribution is -1.94. The van der Waals surface area contributed by atoms with Crippen molar-refractivity contribution in [3.8, 4) is 11.4 Å². The van der Waals surface area contributed by atoms with Crippen LogP contribution < -0.4 is 0 Å². The van der Waals surface area contributed by atoms with Crippen LogP contribution in [0.1, 0.15) is 19.2 Å². The van der Waals surface area contributed by atoms with Crippen LogP contribution in [0, 0.1) is 0 Å². The van der Waals surface area contributed by atoms with E-state index in [4.69, 9.17) is 0 Å². The van der Waals surface area contributed by atoms with Gasteiger partial charge in [-0.3, -0.25) is 0 Å². The molecule has 78 valence electrons. The third kappa shape index (κ3) is 2.06. The lowest BCUT2D eigenvalue weighted by molar-refractivity contribution is 0.737. The summed E-state index contributed by atoms with van der Waals surface area (Å²) in [6.45, 7) is 2.14. The number of rotatable bonds is 3. The van der Waals surface area contributed by atoms with Crippen molar-refractivity contribution in [2.24, 2.45) is 7.05 Å². The molecule has 2 aromatic rings. The van der Waals surface area contributed by atoms with E-state index in [0.717, 1.165) is 30.1 Å². The predicted molar refractivity (Wildman–Crippen MR) is 60.4 cm³/mol. The number of aryl methyl sites for hydroxylation is 2. The number of nitrogens with zero attached hydrogens (tertiary/aromatic N) is 3. The molecule has 3 heteroatoms. The zero-order chi connectivity index (χ0) is 10.7. The zero-order valence-electron chi connectivity index (χ0n) is 9.14. The van der Waals surface area contributed by atoms with Crippen LogP contribution in [0.5, 0.6) is 0 Å². The van der Waals surface area contributed by atoms with Gasteiger partial charge in [0.2, 0.25) is 0 Å². The van der Waals surface area contributed by atoms with Crippen molar-refractivity contribution >= 4 is 0 Å². The summed E-state index contributed by atoms with van der Waals surface area (Å²) in [7, 11) is 1.94. The van der Waals surface area contributed by atoms with Gasteiger partial charge in [0.25, 0.3) is 0 Å². The average Bonchev–Trinajstić information content (AvgIpc) is 2.61. The molecule has 0 spiro atoms. The Hall–Kier alpha value is -1.64. The largest absolute Gasteiger partial charge is 0.249 e. The van der Waals surface area contributed by atoms with Crippen LogP contribution in [0.25, 0.3) is 11.4 Å². The van der Waals surface area contributed by atoms with E-state index < -0.39 is 0 Å². The Labute approximate surface area is 89.8 Å². The molecule has 1 heterocycles. The molecule has 0 aliphatic rings. The first-order valence-corrected chi connectivity index (χ1v) is 5.26. The second kappa shape index (κ2) is 4.26. The number of hydrogen-bond donors (Lipinski definition) is 0. The summed E-state index contributed by atoms with van der Waals surface area (Å²) in [5.41, 5.74) is 1.12. The van der Waals surface area contributed by atoms with Crippen LogP contribution >= 0.6 is 0 Å². The zero-order valence-corrected chi connectivity index (χ0v) is 9.14. The smallest absolute Gasteiger partial charge is 0.158 e. The van der Waals surface area contributed by atoms with Crippen LogP contribution in [0.3, 0.4) is 0 Å². The molecule has 0 saturated heterocycles. The normalized spacial score (nSPS) is 10.5. The second-order valence-electron chi connectivity index (χ2n) is 3.59. The molecule has 1 aromatic carbocycles. The standard InChI is InChI=1S/C12H15N3/c1-3-7-11-13-12(15(2)14-11)10-8-5-4-6-9-10/h4-6,8-9H,3,7H2,1-2H3. The fourth-order valence-electron chi connectivity index (χ4n) is 1.61. The van der Waals surface area contributed by atoms with Gasteiger partial charge >= 0.3 is 0 Å². The van der Waals surface area contributed by atoms with Gasteiger partial charge in [-0.05, 0) is 6.42 Å². The van der Waals surface area contributed by atoms with Crippen LogP contribution in [-0.2, 0) is 13.5 Å². The van der Waals surface area contributed by atoms with Crippen molar-refractivity contribution in [3.63, 3.8) is 0 Å². The first-order chi connectivity index (χ1) is 7.31. The summed E-state index contributed by atoms with van der Waals surface area (Å²) >= 11 is 0. The fraction of sp³-hybridized carbons (Fsp3) is 0.333. The second-order valence-corrected chi connectivity index (χ2v) is 3.59. The van der Waals surface area contributed by atoms with Crippen molar-refractivity contribution in [1.29, 1.82) is 0 Å². The number of aromatic nitrogens is 3. The van der Waals surface area contributed by atoms with Gasteiger partial charge in [-0.15, -0.1) is 0 Å². The van der Waals surface area contributed by atoms with E-state index in [1.165, 1.54) is 0 Å². The first-order valence-electron chi connectivity index (χ1n) is 5.26. The van der Waals surface area contributed by atoms with Gasteiger partial charge in [0.15, 0.2) is 11.6 Å². The van der Waals surface area contributed by atoms with E-state index in [2.05, 4.69) is 29.1 Å². The monoisotopic (exact) mass is 201 g/mol. The SMILES string of the molecule is CCCc1nc(-c2ccccc2)n(C)n1. The highest BCUT2D eigenvalue weighted by atomic mass is 15.3. The highest BCUT2D eigenvalue weighted by Gasteiger charge is 2.07. The van der Waals surface area contributed by atoms with Gasteiger partial charge in [0.1, 0.15) is 0 Å². The molecule has 0 bridgehead atoms. The van der Waals surface area contributed by atoms with Gasteiger partial charge in [0.05, 0.1) is 0 Å². The van der Waals surface area contributed by atoms with Gasteiger partial charge in [-0.1, -0.05) is 37.3 Å². The molecule has 3 nitrogen and oxygen atoms in total. The third-order valence-electron chi connectivity index (χ3n) is 2.31. The molecule has 0 aliphatic heterocycles. The molecular weight excluding hydrogens is 186 g/mol. The molecule has 0 atom stereocenters. The van der Waals surface area contributed by atoms with Gasteiger partial charge in [-0.25, -0.2) is 9.67 Å². The topological polar surface area (TPSA) is 30.7 Å². The van der Waals surface area contributed by atoms with Crippen LogP contribution in [-0.4, -0.2) is 14.8 Å². The first kappa shape index (κ1) is 9.90. The minimum absolute atomic E-state index is 0.929. The van der Waals surface area contributed by atoms with E-state index in [0.29, 0.717) is 0 Å². The molecule has 15 heavy (non-hydrogen) atoms. The number of benzene rings is 1. The summed E-state index contributed by atoms with van der Waals surface area (Å²) in [6.07, 6.45) is 2.03. The highest BCUT2D eigenvalue weighted by molar-refractivity contribution is 5.54. The van der Waals surface area contributed by atoms with E-state index in [1.54, 1.807) is 0 Å². The Kier molecular flexibility index (Phi) is 2.81. The summed E-state index contributed by atoms with van der Waals surface area (Å²) in [5.74, 6) is 1.87. The Morgan fingerprint density at radius 2 is 1.93 bits per heavy atom. The van der Waals surface area contributed by atoms with Gasteiger partial charge < -0.3 is 0 Å². The molecular formula is C12H15N3. The molecule has 0 aliphatic carbocycles. The summed E-state index contributed by atoms with van der Waals surface area (Å²) < 4.78 is 1.85. The molecule has 0 unspecified atom stereocenters. The van der Waals surface area contributed by atoms with Gasteiger partial charge in [0, 0.05) is 19.0 Å². The molecule has 0 amide bonds. The van der Waals surface area contributed by atoms with Crippen molar-refractivity contribution < 1.29 is 0 Å². The van der Waals surface area contributed by atoms with Crippen molar-refractivity contribution in [3.05, 3.63) is 36.2 Å². The lowest BCUT2D eigenvalue weighted by Gasteiger charge is -1.97. The van der Waals surface area contributed by atoms with Gasteiger partial charge in [-0.2, -0.15) is 5.10 Å². The minimum atomic E-state index is 0.929. The Bertz CT molecular complexity index is 431. The maximum atomic E-state index is 4.52. The maximum absolute atomic E-state index is 4.52. The molecule has 0 saturated carbocycles. The summed E-state index contributed by atoms with van der Waals surface area (Å²) in [6, 6.07) is 10.2. The molecule has 0 fully saturated rings. The van der Waals surface area contributed by atoms with Crippen molar-refractivity contribution in [2.45, 2.75) is 19.8 Å². The average molecular weight is 201 g/mol. The maximum Gasteiger partial charge on any atom is 0.158 e. The highest BCUT2D eigenvalue weighted by Crippen LogP contribution is 2.15. The molecule has 0 radical (unpaired) electrons. The molecule has 0 N–H and O–H groups in total. The van der Waals surface area contributed by atoms with E-state index in [-0.39, 0.29) is 0 Å². The Balaban J connectivity index is 2.36. The number of hydrogen-bond acceptors (Lipinski definition) is 2. The Morgan fingerprint density at radius 1 is 1.20 bits per heavy atom. The van der Waals surface area contributed by atoms with E-state index in [9.17, 15) is 0 Å². The third-order valence-corrected chi connectivity index (χ3v) is 2.31. The van der Waals surface area contributed by atoms with Crippen molar-refractivity contribution in [1.82, 2.24) is 14.8 Å². The molecule has 2 rings (SSSR count). The molecule has 1 aromatic heterocycles. The lowest BCUT2D eigenvalue weighted by atomic mass is 10.2. The van der Waals surface area contributed by atoms with Crippen LogP contribution in [0.15, 0.2) is 30.3 Å². The minimum Gasteiger partial charge on any atom is -0.249 e. The quantitative estimate of drug-likeness (QED) is 0.763. The predicted octanol–water partition coefficient (Wildman–Crippen LogP) is 2.43. The van der Waals surface area contributed by atoms with Crippen LogP contribution in [0.2, 0.25) is 0 Å². The fourth-order valence-corrected chi connectivity index (χ4v) is 1.61. The van der Waals surface area contributed by atoms with Crippen LogP contribution in [0.4, 0.5) is 0 Å². The Morgan fingerprint density at radius 3 is 2.60 bits per heavy atom. The van der Waals surface area contributed by atoms with E-state index >= 15 is 0 Å². The van der Waals surface area contributed by atoms with E-state index in [1.807, 2.05) is 29.9 Å².